The average Bonchev–Trinajstić information content (AvgIpc) is 2.49. The summed E-state index contributed by atoms with van der Waals surface area (Å²) in [5.74, 6) is 0. The first-order chi connectivity index (χ1) is 10.0. The molecule has 1 atom stereocenters. The number of piperidine rings is 1. The van der Waals surface area contributed by atoms with Gasteiger partial charge in [0.15, 0.2) is 0 Å². The van der Waals surface area contributed by atoms with Crippen molar-refractivity contribution in [2.75, 3.05) is 46.2 Å². The lowest BCUT2D eigenvalue weighted by Gasteiger charge is -2.37. The lowest BCUT2D eigenvalue weighted by Crippen LogP contribution is -2.43. The fraction of sp³-hybridized carbons (Fsp3) is 0.588. The molecule has 0 spiro atoms. The number of rotatable bonds is 4. The van der Waals surface area contributed by atoms with E-state index in [-0.39, 0.29) is 6.04 Å². The van der Waals surface area contributed by atoms with E-state index in [9.17, 15) is 5.26 Å². The van der Waals surface area contributed by atoms with Gasteiger partial charge in [-0.05, 0) is 57.7 Å². The second-order valence-electron chi connectivity index (χ2n) is 6.22. The van der Waals surface area contributed by atoms with Gasteiger partial charge < -0.3 is 9.80 Å². The van der Waals surface area contributed by atoms with Crippen LogP contribution in [0.2, 0.25) is 0 Å². The molecule has 0 radical (unpaired) electrons. The van der Waals surface area contributed by atoms with E-state index in [1.54, 1.807) is 0 Å². The van der Waals surface area contributed by atoms with Gasteiger partial charge in [-0.1, -0.05) is 12.1 Å². The van der Waals surface area contributed by atoms with E-state index in [0.717, 1.165) is 37.2 Å². The molecule has 0 aromatic heterocycles. The van der Waals surface area contributed by atoms with Gasteiger partial charge in [0, 0.05) is 25.8 Å². The Hall–Kier alpha value is -1.57. The van der Waals surface area contributed by atoms with Gasteiger partial charge in [0.05, 0.1) is 6.07 Å². The first-order valence-corrected chi connectivity index (χ1v) is 7.60. The summed E-state index contributed by atoms with van der Waals surface area (Å²) in [6.45, 7) is 2.24. The van der Waals surface area contributed by atoms with Crippen LogP contribution in [0, 0.1) is 11.3 Å². The lowest BCUT2D eigenvalue weighted by atomic mass is 9.99. The fourth-order valence-corrected chi connectivity index (χ4v) is 2.97. The first kappa shape index (κ1) is 15.8. The van der Waals surface area contributed by atoms with Crippen molar-refractivity contribution in [1.82, 2.24) is 9.80 Å². The van der Waals surface area contributed by atoms with Crippen LogP contribution >= 0.6 is 0 Å². The van der Waals surface area contributed by atoms with E-state index in [1.165, 1.54) is 0 Å². The average molecular weight is 286 g/mol. The van der Waals surface area contributed by atoms with Crippen molar-refractivity contribution in [3.8, 4) is 6.07 Å². The number of anilines is 1. The molecule has 0 saturated carbocycles. The Morgan fingerprint density at radius 2 is 1.71 bits per heavy atom. The molecule has 1 aliphatic heterocycles. The highest BCUT2D eigenvalue weighted by Crippen LogP contribution is 2.26. The van der Waals surface area contributed by atoms with Crippen molar-refractivity contribution < 1.29 is 0 Å². The van der Waals surface area contributed by atoms with Gasteiger partial charge in [-0.2, -0.15) is 5.26 Å². The number of benzene rings is 1. The van der Waals surface area contributed by atoms with Gasteiger partial charge in [-0.3, -0.25) is 4.90 Å². The molecule has 21 heavy (non-hydrogen) atoms. The van der Waals surface area contributed by atoms with Crippen LogP contribution in [0.5, 0.6) is 0 Å². The Labute approximate surface area is 128 Å². The van der Waals surface area contributed by atoms with Crippen LogP contribution in [-0.4, -0.2) is 57.1 Å². The fourth-order valence-electron chi connectivity index (χ4n) is 2.97. The van der Waals surface area contributed by atoms with Gasteiger partial charge in [0.1, 0.15) is 6.04 Å². The van der Waals surface area contributed by atoms with E-state index in [2.05, 4.69) is 59.1 Å². The minimum absolute atomic E-state index is 0.158. The summed E-state index contributed by atoms with van der Waals surface area (Å²) < 4.78 is 0. The van der Waals surface area contributed by atoms with Crippen LogP contribution < -0.4 is 4.90 Å². The molecule has 114 valence electrons. The van der Waals surface area contributed by atoms with Crippen molar-refractivity contribution in [3.05, 3.63) is 29.8 Å². The number of hydrogen-bond donors (Lipinski definition) is 0. The van der Waals surface area contributed by atoms with E-state index in [4.69, 9.17) is 0 Å². The molecule has 1 aromatic rings. The van der Waals surface area contributed by atoms with E-state index in [1.807, 2.05) is 14.1 Å². The van der Waals surface area contributed by atoms with Crippen molar-refractivity contribution >= 4 is 5.69 Å². The van der Waals surface area contributed by atoms with Gasteiger partial charge in [0.2, 0.25) is 0 Å². The van der Waals surface area contributed by atoms with Gasteiger partial charge in [-0.25, -0.2) is 0 Å². The van der Waals surface area contributed by atoms with Crippen LogP contribution in [0.3, 0.4) is 0 Å². The Bertz CT molecular complexity index is 481. The quantitative estimate of drug-likeness (QED) is 0.851. The van der Waals surface area contributed by atoms with Crippen LogP contribution in [-0.2, 0) is 0 Å². The van der Waals surface area contributed by atoms with Gasteiger partial charge in [-0.15, -0.1) is 0 Å². The minimum atomic E-state index is -0.158. The third kappa shape index (κ3) is 3.75. The molecule has 0 N–H and O–H groups in total. The Kier molecular flexibility index (Phi) is 5.22. The highest BCUT2D eigenvalue weighted by Gasteiger charge is 2.26. The van der Waals surface area contributed by atoms with E-state index >= 15 is 0 Å². The Morgan fingerprint density at radius 3 is 2.19 bits per heavy atom. The SMILES string of the molecule is CN1CCC(N(C)C(C#N)c2ccc(N(C)C)cc2)CC1. The lowest BCUT2D eigenvalue weighted by molar-refractivity contribution is 0.126. The van der Waals surface area contributed by atoms with Gasteiger partial charge in [0.25, 0.3) is 0 Å². The molecular formula is C17H26N4. The first-order valence-electron chi connectivity index (χ1n) is 7.60. The zero-order chi connectivity index (χ0) is 15.4. The standard InChI is InChI=1S/C17H26N4/c1-19(2)15-7-5-14(6-8-15)17(13-18)21(4)16-9-11-20(3)12-10-16/h5-8,16-17H,9-12H2,1-4H3. The molecule has 4 heteroatoms. The molecule has 1 unspecified atom stereocenters. The third-order valence-corrected chi connectivity index (χ3v) is 4.52. The molecule has 2 rings (SSSR count). The Balaban J connectivity index is 2.10. The second kappa shape index (κ2) is 6.93. The van der Waals surface area contributed by atoms with Crippen LogP contribution in [0.25, 0.3) is 0 Å². The summed E-state index contributed by atoms with van der Waals surface area (Å²) in [5, 5.41) is 9.60. The van der Waals surface area contributed by atoms with Crippen molar-refractivity contribution in [2.24, 2.45) is 0 Å². The summed E-state index contributed by atoms with van der Waals surface area (Å²) in [5.41, 5.74) is 2.25. The van der Waals surface area contributed by atoms with E-state index in [0.29, 0.717) is 6.04 Å². The second-order valence-corrected chi connectivity index (χ2v) is 6.22. The third-order valence-electron chi connectivity index (χ3n) is 4.52. The maximum absolute atomic E-state index is 9.60. The zero-order valence-corrected chi connectivity index (χ0v) is 13.6. The maximum Gasteiger partial charge on any atom is 0.123 e. The molecule has 1 aromatic carbocycles. The molecule has 0 amide bonds. The number of likely N-dealkylation sites (tertiary alicyclic amines) is 1. The predicted octanol–water partition coefficient (Wildman–Crippen LogP) is 2.34. The maximum atomic E-state index is 9.60. The summed E-state index contributed by atoms with van der Waals surface area (Å²) >= 11 is 0. The topological polar surface area (TPSA) is 33.5 Å². The molecule has 1 aliphatic rings. The molecule has 0 bridgehead atoms. The summed E-state index contributed by atoms with van der Waals surface area (Å²) in [4.78, 5) is 6.68. The van der Waals surface area contributed by atoms with E-state index < -0.39 is 0 Å². The molecule has 1 heterocycles. The molecule has 0 aliphatic carbocycles. The van der Waals surface area contributed by atoms with Crippen LogP contribution in [0.1, 0.15) is 24.4 Å². The number of nitriles is 1. The van der Waals surface area contributed by atoms with Crippen molar-refractivity contribution in [1.29, 1.82) is 5.26 Å². The summed E-state index contributed by atoms with van der Waals surface area (Å²) in [7, 11) is 8.31. The molecule has 4 nitrogen and oxygen atoms in total. The molecule has 1 saturated heterocycles. The highest BCUT2D eigenvalue weighted by molar-refractivity contribution is 5.47. The number of nitrogens with zero attached hydrogens (tertiary/aromatic N) is 4. The number of hydrogen-bond acceptors (Lipinski definition) is 4. The molecular weight excluding hydrogens is 260 g/mol. The minimum Gasteiger partial charge on any atom is -0.378 e. The Morgan fingerprint density at radius 1 is 1.14 bits per heavy atom. The molecule has 1 fully saturated rings. The normalized spacial score (nSPS) is 18.5. The van der Waals surface area contributed by atoms with Crippen LogP contribution in [0.4, 0.5) is 5.69 Å². The summed E-state index contributed by atoms with van der Waals surface area (Å²) in [6, 6.07) is 11.1. The van der Waals surface area contributed by atoms with Crippen molar-refractivity contribution in [2.45, 2.75) is 24.9 Å². The highest BCUT2D eigenvalue weighted by atomic mass is 15.2. The van der Waals surface area contributed by atoms with Gasteiger partial charge >= 0.3 is 0 Å². The monoisotopic (exact) mass is 286 g/mol. The zero-order valence-electron chi connectivity index (χ0n) is 13.6. The van der Waals surface area contributed by atoms with Crippen molar-refractivity contribution in [3.63, 3.8) is 0 Å². The largest absolute Gasteiger partial charge is 0.378 e. The summed E-state index contributed by atoms with van der Waals surface area (Å²) in [6.07, 6.45) is 2.28. The van der Waals surface area contributed by atoms with Crippen LogP contribution in [0.15, 0.2) is 24.3 Å². The smallest absolute Gasteiger partial charge is 0.123 e. The predicted molar refractivity (Wildman–Crippen MR) is 87.4 cm³/mol.